The molecule has 0 aliphatic carbocycles. The van der Waals surface area contributed by atoms with Crippen LogP contribution in [0.15, 0.2) is 22.8 Å². The first-order valence-electron chi connectivity index (χ1n) is 6.96. The minimum absolute atomic E-state index is 0.0329. The van der Waals surface area contributed by atoms with Gasteiger partial charge in [-0.1, -0.05) is 0 Å². The number of hydrogen-bond donors (Lipinski definition) is 2. The molecule has 20 heavy (non-hydrogen) atoms. The first-order valence-corrected chi connectivity index (χ1v) is 6.96. The molecule has 2 atom stereocenters. The highest BCUT2D eigenvalue weighted by Crippen LogP contribution is 2.17. The topological polar surface area (TPSA) is 66.7 Å². The van der Waals surface area contributed by atoms with Crippen molar-refractivity contribution in [2.24, 2.45) is 5.92 Å². The fourth-order valence-electron chi connectivity index (χ4n) is 2.25. The smallest absolute Gasteiger partial charge is 0.314 e. The molecule has 2 N–H and O–H groups in total. The van der Waals surface area contributed by atoms with Crippen LogP contribution in [0, 0.1) is 5.92 Å². The van der Waals surface area contributed by atoms with E-state index >= 15 is 0 Å². The maximum Gasteiger partial charge on any atom is 0.314 e. The second-order valence-corrected chi connectivity index (χ2v) is 5.32. The quantitative estimate of drug-likeness (QED) is 0.823. The van der Waals surface area contributed by atoms with Crippen molar-refractivity contribution in [2.75, 3.05) is 40.4 Å². The highest BCUT2D eigenvalue weighted by molar-refractivity contribution is 5.73. The van der Waals surface area contributed by atoms with Gasteiger partial charge in [0.1, 0.15) is 5.76 Å². The van der Waals surface area contributed by atoms with E-state index in [1.807, 2.05) is 31.1 Å². The average Bonchev–Trinajstić information content (AvgIpc) is 3.09. The first-order chi connectivity index (χ1) is 9.66. The summed E-state index contributed by atoms with van der Waals surface area (Å²) in [6.45, 7) is 2.72. The molecule has 1 aliphatic heterocycles. The Morgan fingerprint density at radius 3 is 2.95 bits per heavy atom. The van der Waals surface area contributed by atoms with E-state index in [9.17, 15) is 4.79 Å². The zero-order valence-corrected chi connectivity index (χ0v) is 12.1. The third-order valence-corrected chi connectivity index (χ3v) is 3.53. The average molecular weight is 281 g/mol. The van der Waals surface area contributed by atoms with Crippen molar-refractivity contribution in [2.45, 2.75) is 12.5 Å². The highest BCUT2D eigenvalue weighted by Gasteiger charge is 2.19. The number of nitrogens with zero attached hydrogens (tertiary/aromatic N) is 1. The van der Waals surface area contributed by atoms with Crippen molar-refractivity contribution in [3.8, 4) is 0 Å². The van der Waals surface area contributed by atoms with Gasteiger partial charge in [0.05, 0.1) is 18.9 Å². The number of furan rings is 1. The SMILES string of the molecule is CN(C)[C@H](CNC(=O)NC[C@H]1CCOC1)c1ccco1. The largest absolute Gasteiger partial charge is 0.468 e. The van der Waals surface area contributed by atoms with Crippen molar-refractivity contribution in [1.29, 1.82) is 0 Å². The molecule has 0 aromatic carbocycles. The fourth-order valence-corrected chi connectivity index (χ4v) is 2.25. The van der Waals surface area contributed by atoms with E-state index < -0.39 is 0 Å². The molecule has 0 spiro atoms. The van der Waals surface area contributed by atoms with E-state index in [-0.39, 0.29) is 12.1 Å². The number of rotatable bonds is 6. The maximum atomic E-state index is 11.8. The minimum atomic E-state index is -0.143. The third-order valence-electron chi connectivity index (χ3n) is 3.53. The van der Waals surface area contributed by atoms with Gasteiger partial charge in [-0.25, -0.2) is 4.79 Å². The molecule has 0 unspecified atom stereocenters. The van der Waals surface area contributed by atoms with Crippen LogP contribution in [0.4, 0.5) is 4.79 Å². The number of nitrogens with one attached hydrogen (secondary N) is 2. The predicted octanol–water partition coefficient (Wildman–Crippen LogP) is 1.22. The lowest BCUT2D eigenvalue weighted by molar-refractivity contribution is 0.184. The monoisotopic (exact) mass is 281 g/mol. The van der Waals surface area contributed by atoms with E-state index in [2.05, 4.69) is 10.6 Å². The molecule has 0 saturated carbocycles. The molecular weight excluding hydrogens is 258 g/mol. The molecule has 0 radical (unpaired) electrons. The van der Waals surface area contributed by atoms with Crippen LogP contribution in [0.25, 0.3) is 0 Å². The summed E-state index contributed by atoms with van der Waals surface area (Å²) in [5.74, 6) is 1.29. The first kappa shape index (κ1) is 14.9. The van der Waals surface area contributed by atoms with Crippen molar-refractivity contribution in [3.63, 3.8) is 0 Å². The zero-order chi connectivity index (χ0) is 14.4. The summed E-state index contributed by atoms with van der Waals surface area (Å²) in [5.41, 5.74) is 0. The summed E-state index contributed by atoms with van der Waals surface area (Å²) in [4.78, 5) is 13.8. The number of amides is 2. The molecule has 1 fully saturated rings. The van der Waals surface area contributed by atoms with E-state index in [4.69, 9.17) is 9.15 Å². The number of carbonyl (C=O) groups excluding carboxylic acids is 1. The number of carbonyl (C=O) groups is 1. The van der Waals surface area contributed by atoms with Crippen LogP contribution in [-0.4, -0.2) is 51.3 Å². The maximum absolute atomic E-state index is 11.8. The lowest BCUT2D eigenvalue weighted by atomic mass is 10.1. The van der Waals surface area contributed by atoms with Crippen LogP contribution in [0.1, 0.15) is 18.2 Å². The summed E-state index contributed by atoms with van der Waals surface area (Å²) < 4.78 is 10.7. The Morgan fingerprint density at radius 1 is 1.50 bits per heavy atom. The van der Waals surface area contributed by atoms with Gasteiger partial charge in [0.15, 0.2) is 0 Å². The van der Waals surface area contributed by atoms with E-state index in [0.29, 0.717) is 19.0 Å². The van der Waals surface area contributed by atoms with Gasteiger partial charge < -0.3 is 19.8 Å². The molecule has 1 aromatic heterocycles. The summed E-state index contributed by atoms with van der Waals surface area (Å²) in [7, 11) is 3.92. The molecule has 112 valence electrons. The Bertz CT molecular complexity index is 400. The van der Waals surface area contributed by atoms with Crippen molar-refractivity contribution >= 4 is 6.03 Å². The van der Waals surface area contributed by atoms with Crippen molar-refractivity contribution in [1.82, 2.24) is 15.5 Å². The van der Waals surface area contributed by atoms with E-state index in [0.717, 1.165) is 25.4 Å². The van der Waals surface area contributed by atoms with Gasteiger partial charge in [-0.2, -0.15) is 0 Å². The number of urea groups is 1. The Kier molecular flexibility index (Phi) is 5.43. The molecule has 2 rings (SSSR count). The summed E-state index contributed by atoms with van der Waals surface area (Å²) in [6, 6.07) is 3.66. The molecule has 1 saturated heterocycles. The molecular formula is C14H23N3O3. The molecule has 0 bridgehead atoms. The van der Waals surface area contributed by atoms with Crippen molar-refractivity contribution in [3.05, 3.63) is 24.2 Å². The second-order valence-electron chi connectivity index (χ2n) is 5.32. The molecule has 6 nitrogen and oxygen atoms in total. The van der Waals surface area contributed by atoms with Gasteiger partial charge in [0, 0.05) is 25.6 Å². The summed E-state index contributed by atoms with van der Waals surface area (Å²) in [5, 5.41) is 5.77. The van der Waals surface area contributed by atoms with Crippen molar-refractivity contribution < 1.29 is 13.9 Å². The van der Waals surface area contributed by atoms with Gasteiger partial charge in [0.25, 0.3) is 0 Å². The molecule has 1 aliphatic rings. The molecule has 1 aromatic rings. The van der Waals surface area contributed by atoms with Crippen LogP contribution in [0.3, 0.4) is 0 Å². The van der Waals surface area contributed by atoms with Crippen LogP contribution in [0.5, 0.6) is 0 Å². The van der Waals surface area contributed by atoms with Crippen LogP contribution >= 0.6 is 0 Å². The van der Waals surface area contributed by atoms with E-state index in [1.54, 1.807) is 6.26 Å². The van der Waals surface area contributed by atoms with Gasteiger partial charge in [-0.3, -0.25) is 4.90 Å². The highest BCUT2D eigenvalue weighted by atomic mass is 16.5. The van der Waals surface area contributed by atoms with E-state index in [1.165, 1.54) is 0 Å². The van der Waals surface area contributed by atoms with Gasteiger partial charge in [-0.15, -0.1) is 0 Å². The van der Waals surface area contributed by atoms with Crippen LogP contribution < -0.4 is 10.6 Å². The molecule has 2 heterocycles. The number of hydrogen-bond acceptors (Lipinski definition) is 4. The van der Waals surface area contributed by atoms with Crippen LogP contribution in [0.2, 0.25) is 0 Å². The van der Waals surface area contributed by atoms with Crippen LogP contribution in [-0.2, 0) is 4.74 Å². The minimum Gasteiger partial charge on any atom is -0.468 e. The zero-order valence-electron chi connectivity index (χ0n) is 12.1. The van der Waals surface area contributed by atoms with Gasteiger partial charge in [0.2, 0.25) is 0 Å². The third kappa shape index (κ3) is 4.25. The Morgan fingerprint density at radius 2 is 2.35 bits per heavy atom. The Hall–Kier alpha value is -1.53. The molecule has 6 heteroatoms. The van der Waals surface area contributed by atoms with Gasteiger partial charge in [-0.05, 0) is 32.6 Å². The summed E-state index contributed by atoms with van der Waals surface area (Å²) >= 11 is 0. The normalized spacial score (nSPS) is 20.1. The number of ether oxygens (including phenoxy) is 1. The predicted molar refractivity (Wildman–Crippen MR) is 75.5 cm³/mol. The standard InChI is InChI=1S/C14H23N3O3/c1-17(2)12(13-4-3-6-20-13)9-16-14(18)15-8-11-5-7-19-10-11/h3-4,6,11-12H,5,7-10H2,1-2H3,(H2,15,16,18)/t11-,12-/m1/s1. The number of likely N-dealkylation sites (N-methyl/N-ethyl adjacent to an activating group) is 1. The fraction of sp³-hybridized carbons (Fsp3) is 0.643. The Labute approximate surface area is 119 Å². The lowest BCUT2D eigenvalue weighted by Gasteiger charge is -2.22. The molecule has 2 amide bonds. The Balaban J connectivity index is 1.73. The lowest BCUT2D eigenvalue weighted by Crippen LogP contribution is -2.42. The second kappa shape index (κ2) is 7.31. The summed E-state index contributed by atoms with van der Waals surface area (Å²) in [6.07, 6.45) is 2.67. The van der Waals surface area contributed by atoms with Gasteiger partial charge >= 0.3 is 6.03 Å².